The van der Waals surface area contributed by atoms with Gasteiger partial charge >= 0.3 is 5.97 Å². The highest BCUT2D eigenvalue weighted by Crippen LogP contribution is 2.34. The van der Waals surface area contributed by atoms with Gasteiger partial charge in [0.15, 0.2) is 0 Å². The predicted octanol–water partition coefficient (Wildman–Crippen LogP) is 1.40. The number of carboxylic acids is 1. The molecule has 0 saturated heterocycles. The number of rotatable bonds is 9. The standard InChI is InChI=1S/C11H22O4/c1-2-3-5-11(7-9-13,10(14)15)6-4-8-12/h12-13H,2-9H2,1H3,(H,14,15). The molecule has 0 aliphatic heterocycles. The van der Waals surface area contributed by atoms with Crippen molar-refractivity contribution < 1.29 is 20.1 Å². The molecule has 0 radical (unpaired) electrons. The molecule has 0 saturated carbocycles. The normalized spacial score (nSPS) is 14.9. The largest absolute Gasteiger partial charge is 0.481 e. The number of hydrogen-bond acceptors (Lipinski definition) is 3. The smallest absolute Gasteiger partial charge is 0.309 e. The first-order valence-corrected chi connectivity index (χ1v) is 5.58. The number of aliphatic hydroxyl groups excluding tert-OH is 2. The van der Waals surface area contributed by atoms with E-state index in [2.05, 4.69) is 0 Å². The highest BCUT2D eigenvalue weighted by molar-refractivity contribution is 5.74. The monoisotopic (exact) mass is 218 g/mol. The summed E-state index contributed by atoms with van der Waals surface area (Å²) < 4.78 is 0. The van der Waals surface area contributed by atoms with Crippen LogP contribution in [0.5, 0.6) is 0 Å². The maximum atomic E-state index is 11.2. The summed E-state index contributed by atoms with van der Waals surface area (Å²) in [5.74, 6) is -0.849. The molecule has 0 spiro atoms. The fourth-order valence-electron chi connectivity index (χ4n) is 1.84. The Labute approximate surface area is 90.9 Å². The van der Waals surface area contributed by atoms with Crippen molar-refractivity contribution in [1.29, 1.82) is 0 Å². The van der Waals surface area contributed by atoms with Gasteiger partial charge in [-0.3, -0.25) is 4.79 Å². The van der Waals surface area contributed by atoms with Crippen molar-refractivity contribution in [2.75, 3.05) is 13.2 Å². The molecule has 4 nitrogen and oxygen atoms in total. The third kappa shape index (κ3) is 4.62. The van der Waals surface area contributed by atoms with Gasteiger partial charge in [-0.25, -0.2) is 0 Å². The molecule has 0 heterocycles. The van der Waals surface area contributed by atoms with Crippen LogP contribution in [0.1, 0.15) is 45.4 Å². The van der Waals surface area contributed by atoms with Crippen molar-refractivity contribution >= 4 is 5.97 Å². The van der Waals surface area contributed by atoms with Gasteiger partial charge in [0.05, 0.1) is 5.41 Å². The van der Waals surface area contributed by atoms with Crippen LogP contribution in [-0.4, -0.2) is 34.5 Å². The third-order valence-corrected chi connectivity index (χ3v) is 2.87. The Bertz CT molecular complexity index is 171. The van der Waals surface area contributed by atoms with Crippen LogP contribution in [0, 0.1) is 5.41 Å². The second-order valence-electron chi connectivity index (χ2n) is 3.99. The molecule has 0 aromatic heterocycles. The molecule has 1 atom stereocenters. The molecule has 4 heteroatoms. The van der Waals surface area contributed by atoms with Gasteiger partial charge < -0.3 is 15.3 Å². The van der Waals surface area contributed by atoms with E-state index in [4.69, 9.17) is 10.2 Å². The lowest BCUT2D eigenvalue weighted by atomic mass is 9.76. The Hall–Kier alpha value is -0.610. The second-order valence-corrected chi connectivity index (χ2v) is 3.99. The molecular weight excluding hydrogens is 196 g/mol. The fourth-order valence-corrected chi connectivity index (χ4v) is 1.84. The van der Waals surface area contributed by atoms with Crippen molar-refractivity contribution in [1.82, 2.24) is 0 Å². The molecule has 90 valence electrons. The summed E-state index contributed by atoms with van der Waals surface area (Å²) in [6.45, 7) is 1.91. The van der Waals surface area contributed by atoms with E-state index in [0.717, 1.165) is 12.8 Å². The average Bonchev–Trinajstić information content (AvgIpc) is 2.22. The van der Waals surface area contributed by atoms with Crippen molar-refractivity contribution in [2.24, 2.45) is 5.41 Å². The van der Waals surface area contributed by atoms with Crippen LogP contribution in [0.25, 0.3) is 0 Å². The molecule has 0 aromatic carbocycles. The summed E-state index contributed by atoms with van der Waals surface area (Å²) in [5.41, 5.74) is -0.840. The van der Waals surface area contributed by atoms with Gasteiger partial charge in [-0.2, -0.15) is 0 Å². The Morgan fingerprint density at radius 2 is 1.67 bits per heavy atom. The first-order valence-electron chi connectivity index (χ1n) is 5.58. The molecule has 0 bridgehead atoms. The molecule has 0 aliphatic carbocycles. The van der Waals surface area contributed by atoms with Gasteiger partial charge in [-0.05, 0) is 25.7 Å². The van der Waals surface area contributed by atoms with E-state index < -0.39 is 11.4 Å². The Balaban J connectivity index is 4.48. The van der Waals surface area contributed by atoms with E-state index in [1.165, 1.54) is 0 Å². The highest BCUT2D eigenvalue weighted by Gasteiger charge is 2.36. The second kappa shape index (κ2) is 7.65. The van der Waals surface area contributed by atoms with Gasteiger partial charge in [-0.1, -0.05) is 19.8 Å². The molecule has 0 rings (SSSR count). The number of aliphatic carboxylic acids is 1. The number of aliphatic hydroxyl groups is 2. The van der Waals surface area contributed by atoms with Gasteiger partial charge in [0, 0.05) is 13.2 Å². The summed E-state index contributed by atoms with van der Waals surface area (Å²) in [7, 11) is 0. The molecule has 0 aromatic rings. The lowest BCUT2D eigenvalue weighted by Crippen LogP contribution is -2.32. The van der Waals surface area contributed by atoms with E-state index in [0.29, 0.717) is 19.3 Å². The summed E-state index contributed by atoms with van der Waals surface area (Å²) in [5, 5.41) is 26.9. The number of carboxylic acid groups (broad SMARTS) is 1. The zero-order valence-corrected chi connectivity index (χ0v) is 9.41. The zero-order chi connectivity index (χ0) is 11.7. The quantitative estimate of drug-likeness (QED) is 0.546. The van der Waals surface area contributed by atoms with Crippen molar-refractivity contribution in [2.45, 2.75) is 45.4 Å². The van der Waals surface area contributed by atoms with Crippen LogP contribution in [0.4, 0.5) is 0 Å². The molecule has 0 amide bonds. The minimum atomic E-state index is -0.849. The van der Waals surface area contributed by atoms with Crippen molar-refractivity contribution in [3.05, 3.63) is 0 Å². The lowest BCUT2D eigenvalue weighted by molar-refractivity contribution is -0.151. The summed E-state index contributed by atoms with van der Waals surface area (Å²) >= 11 is 0. The molecule has 3 N–H and O–H groups in total. The summed E-state index contributed by atoms with van der Waals surface area (Å²) in [4.78, 5) is 11.2. The van der Waals surface area contributed by atoms with Crippen LogP contribution in [0.15, 0.2) is 0 Å². The van der Waals surface area contributed by atoms with E-state index in [1.807, 2.05) is 6.92 Å². The highest BCUT2D eigenvalue weighted by atomic mass is 16.4. The first-order chi connectivity index (χ1) is 7.13. The van der Waals surface area contributed by atoms with Gasteiger partial charge in [-0.15, -0.1) is 0 Å². The minimum Gasteiger partial charge on any atom is -0.481 e. The predicted molar refractivity (Wildman–Crippen MR) is 57.6 cm³/mol. The Morgan fingerprint density at radius 3 is 2.07 bits per heavy atom. The maximum Gasteiger partial charge on any atom is 0.309 e. The van der Waals surface area contributed by atoms with Crippen molar-refractivity contribution in [3.8, 4) is 0 Å². The van der Waals surface area contributed by atoms with Gasteiger partial charge in [0.2, 0.25) is 0 Å². The van der Waals surface area contributed by atoms with Crippen molar-refractivity contribution in [3.63, 3.8) is 0 Å². The van der Waals surface area contributed by atoms with Crippen LogP contribution in [-0.2, 0) is 4.79 Å². The molecule has 0 aliphatic rings. The number of hydrogen-bond donors (Lipinski definition) is 3. The average molecular weight is 218 g/mol. The van der Waals surface area contributed by atoms with Crippen LogP contribution < -0.4 is 0 Å². The topological polar surface area (TPSA) is 77.8 Å². The zero-order valence-electron chi connectivity index (χ0n) is 9.41. The molecule has 0 fully saturated rings. The molecule has 15 heavy (non-hydrogen) atoms. The van der Waals surface area contributed by atoms with Crippen LogP contribution >= 0.6 is 0 Å². The Morgan fingerprint density at radius 1 is 1.07 bits per heavy atom. The third-order valence-electron chi connectivity index (χ3n) is 2.87. The fraction of sp³-hybridized carbons (Fsp3) is 0.909. The number of unbranched alkanes of at least 4 members (excludes halogenated alkanes) is 1. The lowest BCUT2D eigenvalue weighted by Gasteiger charge is -2.28. The van der Waals surface area contributed by atoms with E-state index in [1.54, 1.807) is 0 Å². The minimum absolute atomic E-state index is 0.00653. The number of carbonyl (C=O) groups is 1. The van der Waals surface area contributed by atoms with Gasteiger partial charge in [0.25, 0.3) is 0 Å². The Kier molecular flexibility index (Phi) is 7.34. The SMILES string of the molecule is CCCCC(CCO)(CCCO)C(=O)O. The first kappa shape index (κ1) is 14.4. The van der Waals surface area contributed by atoms with Crippen LogP contribution in [0.2, 0.25) is 0 Å². The van der Waals surface area contributed by atoms with E-state index >= 15 is 0 Å². The van der Waals surface area contributed by atoms with Gasteiger partial charge in [0.1, 0.15) is 0 Å². The summed E-state index contributed by atoms with van der Waals surface area (Å²) in [6, 6.07) is 0. The molecular formula is C11H22O4. The van der Waals surface area contributed by atoms with E-state index in [9.17, 15) is 9.90 Å². The maximum absolute atomic E-state index is 11.2. The van der Waals surface area contributed by atoms with E-state index in [-0.39, 0.29) is 19.6 Å². The summed E-state index contributed by atoms with van der Waals surface area (Å²) in [6.07, 6.45) is 3.58. The van der Waals surface area contributed by atoms with Crippen LogP contribution in [0.3, 0.4) is 0 Å². The molecule has 1 unspecified atom stereocenters.